The van der Waals surface area contributed by atoms with Crippen LogP contribution in [0.15, 0.2) is 18.2 Å². The van der Waals surface area contributed by atoms with Gasteiger partial charge in [-0.05, 0) is 48.8 Å². The van der Waals surface area contributed by atoms with Crippen LogP contribution in [0.25, 0.3) is 0 Å². The van der Waals surface area contributed by atoms with E-state index >= 15 is 0 Å². The normalized spacial score (nSPS) is 22.4. The molecule has 3 rings (SSSR count). The Balaban J connectivity index is 1.82. The first kappa shape index (κ1) is 16.0. The van der Waals surface area contributed by atoms with Gasteiger partial charge in [0.05, 0.1) is 6.04 Å². The Hall–Kier alpha value is -1.88. The maximum Gasteiger partial charge on any atom is 0.319 e. The average Bonchev–Trinajstić information content (AvgIpc) is 3.05. The molecular formula is C18H24N2O3. The Morgan fingerprint density at radius 1 is 1.26 bits per heavy atom. The number of rotatable bonds is 4. The van der Waals surface area contributed by atoms with E-state index < -0.39 is 11.4 Å². The zero-order valence-corrected chi connectivity index (χ0v) is 13.3. The molecule has 0 spiro atoms. The molecule has 0 saturated heterocycles. The second-order valence-electron chi connectivity index (χ2n) is 6.75. The summed E-state index contributed by atoms with van der Waals surface area (Å²) in [6.07, 6.45) is 5.34. The monoisotopic (exact) mass is 316 g/mol. The van der Waals surface area contributed by atoms with Gasteiger partial charge in [-0.15, -0.1) is 0 Å². The Bertz CT molecular complexity index is 621. The fourth-order valence-corrected chi connectivity index (χ4v) is 3.96. The van der Waals surface area contributed by atoms with Crippen molar-refractivity contribution >= 4 is 11.9 Å². The second kappa shape index (κ2) is 6.32. The third-order valence-electron chi connectivity index (χ3n) is 5.36. The number of hydrogen-bond donors (Lipinski definition) is 3. The summed E-state index contributed by atoms with van der Waals surface area (Å²) in [5.41, 5.74) is 7.89. The molecule has 0 heterocycles. The average molecular weight is 316 g/mol. The van der Waals surface area contributed by atoms with Crippen LogP contribution in [0, 0.1) is 5.41 Å². The van der Waals surface area contributed by atoms with Crippen LogP contribution in [0.1, 0.15) is 61.3 Å². The van der Waals surface area contributed by atoms with E-state index in [1.54, 1.807) is 0 Å². The van der Waals surface area contributed by atoms with Crippen LogP contribution in [-0.4, -0.2) is 17.0 Å². The minimum atomic E-state index is -1.23. The van der Waals surface area contributed by atoms with E-state index in [-0.39, 0.29) is 11.9 Å². The lowest BCUT2D eigenvalue weighted by molar-refractivity contribution is -0.155. The van der Waals surface area contributed by atoms with E-state index in [0.717, 1.165) is 43.2 Å². The number of carbonyl (C=O) groups excluding carboxylic acids is 1. The van der Waals surface area contributed by atoms with Crippen molar-refractivity contribution in [1.29, 1.82) is 0 Å². The highest BCUT2D eigenvalue weighted by molar-refractivity contribution is 6.02. The van der Waals surface area contributed by atoms with Crippen molar-refractivity contribution in [3.05, 3.63) is 34.9 Å². The number of carboxylic acids is 1. The number of amides is 1. The number of carbonyl (C=O) groups is 2. The summed E-state index contributed by atoms with van der Waals surface area (Å²) < 4.78 is 0. The van der Waals surface area contributed by atoms with Crippen LogP contribution in [0.5, 0.6) is 0 Å². The third-order valence-corrected chi connectivity index (χ3v) is 5.36. The van der Waals surface area contributed by atoms with E-state index in [1.165, 1.54) is 5.56 Å². The van der Waals surface area contributed by atoms with Gasteiger partial charge in [-0.2, -0.15) is 0 Å². The number of aliphatic carboxylic acids is 1. The molecule has 0 aliphatic heterocycles. The van der Waals surface area contributed by atoms with E-state index in [0.29, 0.717) is 19.4 Å². The van der Waals surface area contributed by atoms with Gasteiger partial charge in [0.15, 0.2) is 0 Å². The summed E-state index contributed by atoms with van der Waals surface area (Å²) in [6.45, 7) is 0.506. The number of nitrogens with one attached hydrogen (secondary N) is 1. The highest BCUT2D eigenvalue weighted by Gasteiger charge is 2.48. The van der Waals surface area contributed by atoms with E-state index in [9.17, 15) is 14.7 Å². The SMILES string of the molecule is NCc1ccc2c(c1)CCCC2NC(=O)C1(C(=O)O)CCCC1. The maximum absolute atomic E-state index is 12.7. The fraction of sp³-hybridized carbons (Fsp3) is 0.556. The Kier molecular flexibility index (Phi) is 4.39. The van der Waals surface area contributed by atoms with Gasteiger partial charge >= 0.3 is 5.97 Å². The molecule has 4 N–H and O–H groups in total. The van der Waals surface area contributed by atoms with Gasteiger partial charge in [0, 0.05) is 6.54 Å². The summed E-state index contributed by atoms with van der Waals surface area (Å²) in [5, 5.41) is 12.6. The Morgan fingerprint density at radius 3 is 2.65 bits per heavy atom. The van der Waals surface area contributed by atoms with Gasteiger partial charge in [-0.3, -0.25) is 9.59 Å². The zero-order chi connectivity index (χ0) is 16.4. The first-order valence-electron chi connectivity index (χ1n) is 8.43. The molecule has 0 bridgehead atoms. The van der Waals surface area contributed by atoms with Crippen LogP contribution in [0.2, 0.25) is 0 Å². The molecule has 1 aromatic rings. The van der Waals surface area contributed by atoms with Crippen LogP contribution >= 0.6 is 0 Å². The molecule has 23 heavy (non-hydrogen) atoms. The first-order valence-corrected chi connectivity index (χ1v) is 8.43. The highest BCUT2D eigenvalue weighted by atomic mass is 16.4. The molecule has 0 radical (unpaired) electrons. The lowest BCUT2D eigenvalue weighted by Crippen LogP contribution is -2.46. The van der Waals surface area contributed by atoms with Gasteiger partial charge < -0.3 is 16.2 Å². The number of nitrogens with two attached hydrogens (primary N) is 1. The molecule has 5 nitrogen and oxygen atoms in total. The van der Waals surface area contributed by atoms with Crippen molar-refractivity contribution in [2.75, 3.05) is 0 Å². The van der Waals surface area contributed by atoms with E-state index in [1.807, 2.05) is 12.1 Å². The predicted octanol–water partition coefficient (Wildman–Crippen LogP) is 2.28. The van der Waals surface area contributed by atoms with Gasteiger partial charge in [0.2, 0.25) is 5.91 Å². The molecule has 5 heteroatoms. The third kappa shape index (κ3) is 2.85. The predicted molar refractivity (Wildman–Crippen MR) is 86.7 cm³/mol. The van der Waals surface area contributed by atoms with Crippen molar-refractivity contribution in [2.45, 2.75) is 57.5 Å². The number of carboxylic acid groups (broad SMARTS) is 1. The fourth-order valence-electron chi connectivity index (χ4n) is 3.96. The van der Waals surface area contributed by atoms with Crippen LogP contribution < -0.4 is 11.1 Å². The van der Waals surface area contributed by atoms with E-state index in [4.69, 9.17) is 5.73 Å². The lowest BCUT2D eigenvalue weighted by atomic mass is 9.82. The van der Waals surface area contributed by atoms with E-state index in [2.05, 4.69) is 11.4 Å². The summed E-state index contributed by atoms with van der Waals surface area (Å²) in [7, 11) is 0. The maximum atomic E-state index is 12.7. The first-order chi connectivity index (χ1) is 11.1. The van der Waals surface area contributed by atoms with Crippen molar-refractivity contribution in [1.82, 2.24) is 5.32 Å². The van der Waals surface area contributed by atoms with Gasteiger partial charge in [0.1, 0.15) is 5.41 Å². The molecule has 1 aromatic carbocycles. The molecule has 124 valence electrons. The van der Waals surface area contributed by atoms with Crippen LogP contribution in [0.3, 0.4) is 0 Å². The number of hydrogen-bond acceptors (Lipinski definition) is 3. The molecule has 1 amide bonds. The molecule has 0 aromatic heterocycles. The summed E-state index contributed by atoms with van der Waals surface area (Å²) in [6, 6.07) is 6.04. The van der Waals surface area contributed by atoms with Crippen molar-refractivity contribution in [2.24, 2.45) is 11.1 Å². The van der Waals surface area contributed by atoms with Crippen molar-refractivity contribution < 1.29 is 14.7 Å². The van der Waals surface area contributed by atoms with Gasteiger partial charge in [-0.25, -0.2) is 0 Å². The number of fused-ring (bicyclic) bond motifs is 1. The van der Waals surface area contributed by atoms with Crippen LogP contribution in [-0.2, 0) is 22.6 Å². The smallest absolute Gasteiger partial charge is 0.319 e. The number of aryl methyl sites for hydroxylation is 1. The van der Waals surface area contributed by atoms with Crippen LogP contribution in [0.4, 0.5) is 0 Å². The summed E-state index contributed by atoms with van der Waals surface area (Å²) >= 11 is 0. The molecular weight excluding hydrogens is 292 g/mol. The number of benzene rings is 1. The summed E-state index contributed by atoms with van der Waals surface area (Å²) in [4.78, 5) is 24.4. The quantitative estimate of drug-likeness (QED) is 0.743. The topological polar surface area (TPSA) is 92.4 Å². The van der Waals surface area contributed by atoms with Crippen molar-refractivity contribution in [3.63, 3.8) is 0 Å². The molecule has 1 unspecified atom stereocenters. The van der Waals surface area contributed by atoms with Crippen molar-refractivity contribution in [3.8, 4) is 0 Å². The highest BCUT2D eigenvalue weighted by Crippen LogP contribution is 2.40. The largest absolute Gasteiger partial charge is 0.480 e. The Morgan fingerprint density at radius 2 is 2.00 bits per heavy atom. The minimum Gasteiger partial charge on any atom is -0.480 e. The molecule has 2 aliphatic rings. The van der Waals surface area contributed by atoms with Gasteiger partial charge in [0.25, 0.3) is 0 Å². The minimum absolute atomic E-state index is 0.0881. The molecule has 1 saturated carbocycles. The second-order valence-corrected chi connectivity index (χ2v) is 6.75. The molecule has 1 atom stereocenters. The lowest BCUT2D eigenvalue weighted by Gasteiger charge is -2.30. The molecule has 1 fully saturated rings. The Labute approximate surface area is 136 Å². The standard InChI is InChI=1S/C18H24N2O3/c19-11-12-6-7-14-13(10-12)4-3-5-15(14)20-16(21)18(17(22)23)8-1-2-9-18/h6-7,10,15H,1-5,8-9,11,19H2,(H,20,21)(H,22,23). The molecule has 2 aliphatic carbocycles. The zero-order valence-electron chi connectivity index (χ0n) is 13.3. The van der Waals surface area contributed by atoms with Gasteiger partial charge in [-0.1, -0.05) is 31.0 Å². The summed E-state index contributed by atoms with van der Waals surface area (Å²) in [5.74, 6) is -1.30.